The highest BCUT2D eigenvalue weighted by Gasteiger charge is 2.24. The van der Waals surface area contributed by atoms with Crippen molar-refractivity contribution in [1.82, 2.24) is 14.7 Å². The van der Waals surface area contributed by atoms with E-state index in [0.717, 1.165) is 28.1 Å². The molecule has 1 aromatic heterocycles. The Balaban J connectivity index is 1.85. The highest BCUT2D eigenvalue weighted by Crippen LogP contribution is 2.28. The summed E-state index contributed by atoms with van der Waals surface area (Å²) in [7, 11) is 0. The lowest BCUT2D eigenvalue weighted by molar-refractivity contribution is -0.116. The number of carbonyl (C=O) groups excluding carboxylic acids is 2. The van der Waals surface area contributed by atoms with E-state index in [4.69, 9.17) is 16.7 Å². The lowest BCUT2D eigenvalue weighted by atomic mass is 9.92. The summed E-state index contributed by atoms with van der Waals surface area (Å²) in [4.78, 5) is 27.9. The monoisotopic (exact) mass is 523 g/mol. The smallest absolute Gasteiger partial charge is 0.315 e. The zero-order chi connectivity index (χ0) is 27.5. The molecule has 0 atom stereocenters. The molecule has 198 valence electrons. The van der Waals surface area contributed by atoms with E-state index in [9.17, 15) is 9.59 Å². The zero-order valence-corrected chi connectivity index (χ0v) is 23.8. The van der Waals surface area contributed by atoms with Crippen LogP contribution < -0.4 is 10.6 Å². The number of urea groups is 1. The topological polar surface area (TPSA) is 79.3 Å². The minimum Gasteiger partial charge on any atom is -0.315 e. The third-order valence-corrected chi connectivity index (χ3v) is 6.36. The molecule has 3 aromatic rings. The first-order valence-electron chi connectivity index (χ1n) is 12.5. The summed E-state index contributed by atoms with van der Waals surface area (Å²) >= 11 is 6.22. The molecule has 0 fully saturated rings. The van der Waals surface area contributed by atoms with Crippen LogP contribution in [-0.2, 0) is 10.2 Å². The summed E-state index contributed by atoms with van der Waals surface area (Å²) < 4.78 is 1.77. The number of nitrogens with one attached hydrogen (secondary N) is 2. The van der Waals surface area contributed by atoms with Crippen LogP contribution in [0.25, 0.3) is 5.69 Å². The number of amides is 3. The molecular formula is C29H38ClN5O2. The van der Waals surface area contributed by atoms with Crippen LogP contribution in [0.15, 0.2) is 42.5 Å². The molecule has 8 heteroatoms. The molecule has 0 radical (unpaired) electrons. The Morgan fingerprint density at radius 1 is 1.00 bits per heavy atom. The van der Waals surface area contributed by atoms with Crippen molar-refractivity contribution in [2.75, 3.05) is 23.7 Å². The Morgan fingerprint density at radius 3 is 2.30 bits per heavy atom. The van der Waals surface area contributed by atoms with Gasteiger partial charge in [0.1, 0.15) is 12.4 Å². The Labute approximate surface area is 225 Å². The number of benzene rings is 2. The summed E-state index contributed by atoms with van der Waals surface area (Å²) in [6, 6.07) is 13.0. The molecule has 0 aliphatic carbocycles. The van der Waals surface area contributed by atoms with Gasteiger partial charge in [-0.15, -0.1) is 0 Å². The molecular weight excluding hydrogens is 486 g/mol. The summed E-state index contributed by atoms with van der Waals surface area (Å²) in [6.45, 7) is 16.5. The summed E-state index contributed by atoms with van der Waals surface area (Å²) in [5.74, 6) is 0.439. The number of anilines is 2. The van der Waals surface area contributed by atoms with Crippen LogP contribution >= 0.6 is 11.6 Å². The quantitative estimate of drug-likeness (QED) is 0.354. The van der Waals surface area contributed by atoms with E-state index >= 15 is 0 Å². The maximum absolute atomic E-state index is 13.2. The Hall–Kier alpha value is -3.32. The molecule has 0 aliphatic heterocycles. The van der Waals surface area contributed by atoms with Crippen LogP contribution in [0.1, 0.15) is 57.0 Å². The second kappa shape index (κ2) is 11.4. The van der Waals surface area contributed by atoms with Crippen molar-refractivity contribution in [1.29, 1.82) is 0 Å². The fourth-order valence-corrected chi connectivity index (χ4v) is 4.13. The van der Waals surface area contributed by atoms with E-state index < -0.39 is 0 Å². The fraction of sp³-hybridized carbons (Fsp3) is 0.414. The molecule has 7 nitrogen and oxygen atoms in total. The van der Waals surface area contributed by atoms with Crippen molar-refractivity contribution in [3.8, 4) is 5.69 Å². The van der Waals surface area contributed by atoms with Crippen molar-refractivity contribution in [2.24, 2.45) is 5.92 Å². The molecule has 0 spiro atoms. The number of aromatic nitrogens is 2. The van der Waals surface area contributed by atoms with Gasteiger partial charge in [-0.2, -0.15) is 5.10 Å². The Kier molecular flexibility index (Phi) is 8.69. The maximum atomic E-state index is 13.2. The molecule has 37 heavy (non-hydrogen) atoms. The van der Waals surface area contributed by atoms with Crippen LogP contribution in [-0.4, -0.2) is 39.7 Å². The lowest BCUT2D eigenvalue weighted by Gasteiger charge is -2.24. The third-order valence-electron chi connectivity index (χ3n) is 5.96. The van der Waals surface area contributed by atoms with E-state index in [-0.39, 0.29) is 29.8 Å². The second-order valence-corrected chi connectivity index (χ2v) is 11.5. The Bertz CT molecular complexity index is 1290. The second-order valence-electron chi connectivity index (χ2n) is 11.1. The van der Waals surface area contributed by atoms with Gasteiger partial charge in [-0.05, 0) is 56.0 Å². The van der Waals surface area contributed by atoms with Crippen molar-refractivity contribution in [2.45, 2.75) is 60.8 Å². The fourth-order valence-electron chi connectivity index (χ4n) is 3.95. The van der Waals surface area contributed by atoms with Crippen molar-refractivity contribution in [3.63, 3.8) is 0 Å². The number of aryl methyl sites for hydroxylation is 3. The molecule has 1 heterocycles. The zero-order valence-electron chi connectivity index (χ0n) is 23.1. The molecule has 0 bridgehead atoms. The average Bonchev–Trinajstić information content (AvgIpc) is 3.19. The Morgan fingerprint density at radius 2 is 1.70 bits per heavy atom. The number of nitrogens with zero attached hydrogens (tertiary/aromatic N) is 3. The average molecular weight is 524 g/mol. The number of rotatable bonds is 7. The van der Waals surface area contributed by atoms with E-state index in [0.29, 0.717) is 23.1 Å². The van der Waals surface area contributed by atoms with Crippen LogP contribution in [0.4, 0.5) is 16.3 Å². The highest BCUT2D eigenvalue weighted by atomic mass is 35.5. The van der Waals surface area contributed by atoms with E-state index in [2.05, 4.69) is 37.5 Å². The first-order valence-corrected chi connectivity index (χ1v) is 12.9. The molecule has 0 unspecified atom stereocenters. The van der Waals surface area contributed by atoms with Gasteiger partial charge in [0.2, 0.25) is 5.91 Å². The van der Waals surface area contributed by atoms with Gasteiger partial charge in [0.05, 0.1) is 11.4 Å². The standard InChI is InChI=1S/C29H38ClN5O2/c1-18(2)16-34(28(37)31-22-11-10-20(4)23(30)14-22)17-27(36)32-26-15-25(29(6,7)8)33-35(26)24-12-9-19(3)13-21(24)5/h9-15,18H,16-17H2,1-8H3,(H,31,37)(H,32,36). The van der Waals surface area contributed by atoms with Crippen LogP contribution in [0, 0.1) is 26.7 Å². The van der Waals surface area contributed by atoms with Gasteiger partial charge >= 0.3 is 6.03 Å². The summed E-state index contributed by atoms with van der Waals surface area (Å²) in [5.41, 5.74) is 5.25. The normalized spacial score (nSPS) is 11.5. The van der Waals surface area contributed by atoms with Crippen molar-refractivity contribution in [3.05, 3.63) is 69.9 Å². The van der Waals surface area contributed by atoms with Crippen LogP contribution in [0.2, 0.25) is 5.02 Å². The number of hydrogen-bond donors (Lipinski definition) is 2. The van der Waals surface area contributed by atoms with Gasteiger partial charge in [-0.1, -0.05) is 70.0 Å². The molecule has 0 aliphatic rings. The van der Waals surface area contributed by atoms with Gasteiger partial charge in [0.25, 0.3) is 0 Å². The van der Waals surface area contributed by atoms with Gasteiger partial charge in [-0.25, -0.2) is 9.48 Å². The lowest BCUT2D eigenvalue weighted by Crippen LogP contribution is -2.42. The SMILES string of the molecule is Cc1ccc(-n2nc(C(C)(C)C)cc2NC(=O)CN(CC(C)C)C(=O)Nc2ccc(C)c(Cl)c2)c(C)c1. The summed E-state index contributed by atoms with van der Waals surface area (Å²) in [6.07, 6.45) is 0. The van der Waals surface area contributed by atoms with Crippen LogP contribution in [0.3, 0.4) is 0 Å². The third kappa shape index (κ3) is 7.35. The number of hydrogen-bond acceptors (Lipinski definition) is 3. The van der Waals surface area contributed by atoms with Gasteiger partial charge in [-0.3, -0.25) is 4.79 Å². The minimum absolute atomic E-state index is 0.105. The predicted octanol–water partition coefficient (Wildman–Crippen LogP) is 6.88. The van der Waals surface area contributed by atoms with E-state index in [1.165, 1.54) is 4.90 Å². The largest absolute Gasteiger partial charge is 0.322 e. The first-order chi connectivity index (χ1) is 17.2. The molecule has 3 amide bonds. The molecule has 0 saturated heterocycles. The molecule has 3 rings (SSSR count). The molecule has 2 N–H and O–H groups in total. The molecule has 2 aromatic carbocycles. The predicted molar refractivity (Wildman–Crippen MR) is 152 cm³/mol. The number of halogens is 1. The number of carbonyl (C=O) groups is 2. The van der Waals surface area contributed by atoms with E-state index in [1.807, 2.05) is 58.9 Å². The van der Waals surface area contributed by atoms with Crippen LogP contribution in [0.5, 0.6) is 0 Å². The van der Waals surface area contributed by atoms with E-state index in [1.54, 1.807) is 16.8 Å². The van der Waals surface area contributed by atoms with Gasteiger partial charge < -0.3 is 15.5 Å². The van der Waals surface area contributed by atoms with Crippen molar-refractivity contribution >= 4 is 35.0 Å². The van der Waals surface area contributed by atoms with Gasteiger partial charge in [0, 0.05) is 28.7 Å². The van der Waals surface area contributed by atoms with Crippen molar-refractivity contribution < 1.29 is 9.59 Å². The molecule has 0 saturated carbocycles. The maximum Gasteiger partial charge on any atom is 0.322 e. The summed E-state index contributed by atoms with van der Waals surface area (Å²) in [5, 5.41) is 11.3. The minimum atomic E-state index is -0.359. The highest BCUT2D eigenvalue weighted by molar-refractivity contribution is 6.31. The first kappa shape index (κ1) is 28.3. The van der Waals surface area contributed by atoms with Gasteiger partial charge in [0.15, 0.2) is 0 Å².